The lowest BCUT2D eigenvalue weighted by molar-refractivity contribution is -0.122. The highest BCUT2D eigenvalue weighted by molar-refractivity contribution is 8.18. The number of hydrogen-bond donors (Lipinski definition) is 0. The molecule has 0 bridgehead atoms. The van der Waals surface area contributed by atoms with E-state index < -0.39 is 0 Å². The minimum Gasteiger partial charge on any atom is -0.496 e. The molecule has 0 spiro atoms. The maximum absolute atomic E-state index is 12.9. The Morgan fingerprint density at radius 3 is 2.54 bits per heavy atom. The summed E-state index contributed by atoms with van der Waals surface area (Å²) >= 11 is 1.39. The summed E-state index contributed by atoms with van der Waals surface area (Å²) in [7, 11) is 1.63. The van der Waals surface area contributed by atoms with E-state index >= 15 is 0 Å². The van der Waals surface area contributed by atoms with Gasteiger partial charge in [-0.1, -0.05) is 25.1 Å². The first-order chi connectivity index (χ1) is 13.7. The summed E-state index contributed by atoms with van der Waals surface area (Å²) in [5, 5.41) is 0.692. The zero-order chi connectivity index (χ0) is 19.9. The van der Waals surface area contributed by atoms with Crippen molar-refractivity contribution in [1.29, 1.82) is 0 Å². The van der Waals surface area contributed by atoms with E-state index in [0.29, 0.717) is 23.2 Å². The van der Waals surface area contributed by atoms with Crippen LogP contribution in [0.25, 0.3) is 6.08 Å². The molecule has 1 heterocycles. The predicted octanol–water partition coefficient (Wildman–Crippen LogP) is 5.11. The topological polar surface area (TPSA) is 51.1 Å². The fourth-order valence-electron chi connectivity index (χ4n) is 2.83. The van der Waals surface area contributed by atoms with Crippen molar-refractivity contribution in [3.8, 4) is 11.5 Å². The van der Waals surface area contributed by atoms with Gasteiger partial charge in [-0.3, -0.25) is 9.69 Å². The Hall–Kier alpha value is -2.73. The number of ether oxygens (including phenoxy) is 2. The average molecular weight is 397 g/mol. The first-order valence-corrected chi connectivity index (χ1v) is 10.1. The van der Waals surface area contributed by atoms with E-state index in [1.54, 1.807) is 12.0 Å². The van der Waals surface area contributed by atoms with Gasteiger partial charge in [-0.2, -0.15) is 0 Å². The number of nitrogens with zero attached hydrogens (tertiary/aromatic N) is 2. The maximum atomic E-state index is 12.9. The average Bonchev–Trinajstić information content (AvgIpc) is 2.99. The van der Waals surface area contributed by atoms with Crippen molar-refractivity contribution in [3.63, 3.8) is 0 Å². The van der Waals surface area contributed by atoms with Crippen LogP contribution >= 0.6 is 11.8 Å². The number of thioether (sulfide) groups is 1. The molecule has 2 aromatic rings. The molecule has 1 aliphatic heterocycles. The second kappa shape index (κ2) is 9.46. The highest BCUT2D eigenvalue weighted by atomic mass is 32.2. The SMILES string of the molecule is CCCN1C(=O)/C(=C/c2ccccc2OC)SC1=Nc1ccc(OCC)cc1. The lowest BCUT2D eigenvalue weighted by Gasteiger charge is -2.14. The quantitative estimate of drug-likeness (QED) is 0.611. The van der Waals surface area contributed by atoms with Crippen LogP contribution in [0.5, 0.6) is 11.5 Å². The normalized spacial score (nSPS) is 16.8. The maximum Gasteiger partial charge on any atom is 0.266 e. The number of amidine groups is 1. The fraction of sp³-hybridized carbons (Fsp3) is 0.273. The largest absolute Gasteiger partial charge is 0.496 e. The minimum atomic E-state index is -0.0255. The van der Waals surface area contributed by atoms with Crippen molar-refractivity contribution in [2.75, 3.05) is 20.3 Å². The molecule has 1 saturated heterocycles. The molecule has 0 unspecified atom stereocenters. The van der Waals surface area contributed by atoms with Gasteiger partial charge in [-0.25, -0.2) is 4.99 Å². The number of carbonyl (C=O) groups is 1. The fourth-order valence-corrected chi connectivity index (χ4v) is 3.85. The molecule has 0 saturated carbocycles. The molecule has 28 heavy (non-hydrogen) atoms. The Balaban J connectivity index is 1.90. The highest BCUT2D eigenvalue weighted by Crippen LogP contribution is 2.35. The zero-order valence-corrected chi connectivity index (χ0v) is 17.2. The first kappa shape index (κ1) is 20.0. The van der Waals surface area contributed by atoms with Gasteiger partial charge in [0.25, 0.3) is 5.91 Å². The summed E-state index contributed by atoms with van der Waals surface area (Å²) in [4.78, 5) is 20.0. The van der Waals surface area contributed by atoms with Gasteiger partial charge >= 0.3 is 0 Å². The number of aliphatic imine (C=N–C) groups is 1. The Morgan fingerprint density at radius 2 is 1.86 bits per heavy atom. The van der Waals surface area contributed by atoms with E-state index in [1.807, 2.05) is 68.5 Å². The van der Waals surface area contributed by atoms with E-state index in [4.69, 9.17) is 14.5 Å². The van der Waals surface area contributed by atoms with Gasteiger partial charge in [0.15, 0.2) is 5.17 Å². The molecule has 1 aliphatic rings. The van der Waals surface area contributed by atoms with Gasteiger partial charge in [0.1, 0.15) is 11.5 Å². The monoisotopic (exact) mass is 396 g/mol. The summed E-state index contributed by atoms with van der Waals surface area (Å²) in [5.41, 5.74) is 1.66. The van der Waals surface area contributed by atoms with Crippen LogP contribution in [0, 0.1) is 0 Å². The van der Waals surface area contributed by atoms with E-state index in [-0.39, 0.29) is 5.91 Å². The third kappa shape index (κ3) is 4.57. The molecule has 1 fully saturated rings. The third-order valence-corrected chi connectivity index (χ3v) is 5.14. The highest BCUT2D eigenvalue weighted by Gasteiger charge is 2.32. The Morgan fingerprint density at radius 1 is 1.11 bits per heavy atom. The molecule has 3 rings (SSSR count). The molecule has 5 nitrogen and oxygen atoms in total. The Labute approximate surface area is 170 Å². The van der Waals surface area contributed by atoms with E-state index in [0.717, 1.165) is 29.2 Å². The van der Waals surface area contributed by atoms with Gasteiger partial charge in [0.2, 0.25) is 0 Å². The summed E-state index contributed by atoms with van der Waals surface area (Å²) in [5.74, 6) is 1.52. The minimum absolute atomic E-state index is 0.0255. The number of amides is 1. The van der Waals surface area contributed by atoms with Crippen molar-refractivity contribution in [2.24, 2.45) is 4.99 Å². The van der Waals surface area contributed by atoms with Crippen molar-refractivity contribution < 1.29 is 14.3 Å². The van der Waals surface area contributed by atoms with E-state index in [1.165, 1.54) is 11.8 Å². The predicted molar refractivity (Wildman–Crippen MR) is 115 cm³/mol. The standard InChI is InChI=1S/C22H24N2O3S/c1-4-14-24-21(25)20(15-16-8-6-7-9-19(16)26-3)28-22(24)23-17-10-12-18(13-11-17)27-5-2/h6-13,15H,4-5,14H2,1-3H3/b20-15-,23-22?. The molecule has 0 radical (unpaired) electrons. The summed E-state index contributed by atoms with van der Waals surface area (Å²) < 4.78 is 10.9. The molecule has 0 aromatic heterocycles. The summed E-state index contributed by atoms with van der Waals surface area (Å²) in [6.07, 6.45) is 2.73. The molecular formula is C22H24N2O3S. The molecule has 0 N–H and O–H groups in total. The number of rotatable bonds is 7. The van der Waals surface area contributed by atoms with Gasteiger partial charge in [-0.15, -0.1) is 0 Å². The van der Waals surface area contributed by atoms with Gasteiger partial charge in [0, 0.05) is 12.1 Å². The van der Waals surface area contributed by atoms with Crippen LogP contribution in [0.1, 0.15) is 25.8 Å². The number of carbonyl (C=O) groups excluding carboxylic acids is 1. The van der Waals surface area contributed by atoms with Crippen molar-refractivity contribution in [1.82, 2.24) is 4.90 Å². The van der Waals surface area contributed by atoms with E-state index in [2.05, 4.69) is 0 Å². The Kier molecular flexibility index (Phi) is 6.76. The molecule has 1 amide bonds. The van der Waals surface area contributed by atoms with Crippen LogP contribution in [0.4, 0.5) is 5.69 Å². The first-order valence-electron chi connectivity index (χ1n) is 9.32. The van der Waals surface area contributed by atoms with Gasteiger partial charge < -0.3 is 9.47 Å². The lowest BCUT2D eigenvalue weighted by atomic mass is 10.2. The number of methoxy groups -OCH3 is 1. The second-order valence-electron chi connectivity index (χ2n) is 6.13. The zero-order valence-electron chi connectivity index (χ0n) is 16.3. The number of benzene rings is 2. The molecule has 146 valence electrons. The summed E-state index contributed by atoms with van der Waals surface area (Å²) in [6.45, 7) is 5.26. The smallest absolute Gasteiger partial charge is 0.266 e. The van der Waals surface area contributed by atoms with E-state index in [9.17, 15) is 4.79 Å². The molecular weight excluding hydrogens is 372 g/mol. The molecule has 0 atom stereocenters. The van der Waals surface area contributed by atoms with Crippen molar-refractivity contribution >= 4 is 34.6 Å². The second-order valence-corrected chi connectivity index (χ2v) is 7.14. The third-order valence-electron chi connectivity index (χ3n) is 4.13. The molecule has 0 aliphatic carbocycles. The Bertz CT molecular complexity index is 891. The van der Waals surface area contributed by atoms with Crippen LogP contribution in [-0.4, -0.2) is 36.2 Å². The summed E-state index contributed by atoms with van der Waals surface area (Å²) in [6, 6.07) is 15.2. The van der Waals surface area contributed by atoms with Crippen LogP contribution < -0.4 is 9.47 Å². The molecule has 6 heteroatoms. The van der Waals surface area contributed by atoms with Gasteiger partial charge in [0.05, 0.1) is 24.3 Å². The molecule has 2 aromatic carbocycles. The number of hydrogen-bond acceptors (Lipinski definition) is 5. The van der Waals surface area contributed by atoms with Crippen LogP contribution in [0.15, 0.2) is 58.4 Å². The van der Waals surface area contributed by atoms with Crippen molar-refractivity contribution in [3.05, 3.63) is 59.0 Å². The van der Waals surface area contributed by atoms with Crippen LogP contribution in [-0.2, 0) is 4.79 Å². The lowest BCUT2D eigenvalue weighted by Crippen LogP contribution is -2.29. The van der Waals surface area contributed by atoms with Crippen LogP contribution in [0.3, 0.4) is 0 Å². The van der Waals surface area contributed by atoms with Crippen molar-refractivity contribution in [2.45, 2.75) is 20.3 Å². The van der Waals surface area contributed by atoms with Crippen LogP contribution in [0.2, 0.25) is 0 Å². The van der Waals surface area contributed by atoms with Gasteiger partial charge in [-0.05, 0) is 61.5 Å². The number of para-hydroxylation sites is 1.